The van der Waals surface area contributed by atoms with Gasteiger partial charge in [0.2, 0.25) is 0 Å². The van der Waals surface area contributed by atoms with Crippen LogP contribution in [0.5, 0.6) is 0 Å². The fraction of sp³-hybridized carbons (Fsp3) is 0.400. The van der Waals surface area contributed by atoms with Gasteiger partial charge in [-0.3, -0.25) is 0 Å². The van der Waals surface area contributed by atoms with E-state index in [0.717, 1.165) is 0 Å². The smallest absolute Gasteiger partial charge is 0.0267 e. The summed E-state index contributed by atoms with van der Waals surface area (Å²) < 4.78 is 0. The van der Waals surface area contributed by atoms with Crippen LogP contribution in [0, 0.1) is 0 Å². The Labute approximate surface area is 80.5 Å². The maximum absolute atomic E-state index is 6.35. The Hall–Kier alpha value is -0.0600. The molecule has 1 atom stereocenters. The molecule has 1 aromatic carbocycles. The molecule has 1 aromatic rings. The summed E-state index contributed by atoms with van der Waals surface area (Å²) in [6.07, 6.45) is 0. The first-order valence-electron chi connectivity index (χ1n) is 4.03. The van der Waals surface area contributed by atoms with Crippen LogP contribution in [0.25, 0.3) is 0 Å². The van der Waals surface area contributed by atoms with Crippen LogP contribution < -0.4 is 5.30 Å². The van der Waals surface area contributed by atoms with Gasteiger partial charge in [-0.05, 0) is 10.5 Å². The molecule has 0 N–H and O–H groups in total. The molecule has 0 aromatic heterocycles. The number of hydrogen-bond acceptors (Lipinski definition) is 0. The van der Waals surface area contributed by atoms with Crippen molar-refractivity contribution >= 4 is 23.8 Å². The van der Waals surface area contributed by atoms with Crippen LogP contribution in [-0.4, -0.2) is 5.16 Å². The van der Waals surface area contributed by atoms with E-state index in [0.29, 0.717) is 0 Å². The first-order chi connectivity index (χ1) is 5.52. The number of hydrogen-bond donors (Lipinski definition) is 0. The molecule has 1 rings (SSSR count). The van der Waals surface area contributed by atoms with Crippen molar-refractivity contribution in [3.05, 3.63) is 30.3 Å². The Kier molecular flexibility index (Phi) is 3.15. The van der Waals surface area contributed by atoms with E-state index < -0.39 is 7.27 Å². The zero-order chi connectivity index (χ0) is 9.19. The van der Waals surface area contributed by atoms with Crippen molar-refractivity contribution in [2.75, 3.05) is 0 Å². The average molecular weight is 201 g/mol. The highest BCUT2D eigenvalue weighted by Crippen LogP contribution is 2.52. The van der Waals surface area contributed by atoms with Gasteiger partial charge in [-0.2, -0.15) is 0 Å². The summed E-state index contributed by atoms with van der Waals surface area (Å²) in [5.74, 6) is 0. The van der Waals surface area contributed by atoms with Crippen molar-refractivity contribution < 1.29 is 0 Å². The highest BCUT2D eigenvalue weighted by Gasteiger charge is 2.23. The molecule has 1 unspecified atom stereocenters. The summed E-state index contributed by atoms with van der Waals surface area (Å²) in [6.45, 7) is 6.54. The van der Waals surface area contributed by atoms with Crippen molar-refractivity contribution in [1.82, 2.24) is 0 Å². The van der Waals surface area contributed by atoms with E-state index in [4.69, 9.17) is 11.2 Å². The highest BCUT2D eigenvalue weighted by molar-refractivity contribution is 7.91. The fourth-order valence-electron chi connectivity index (χ4n) is 0.946. The van der Waals surface area contributed by atoms with Crippen molar-refractivity contribution in [2.45, 2.75) is 25.9 Å². The van der Waals surface area contributed by atoms with Gasteiger partial charge in [-0.1, -0.05) is 62.3 Å². The lowest BCUT2D eigenvalue weighted by Gasteiger charge is -2.25. The normalized spacial score (nSPS) is 14.3. The van der Waals surface area contributed by atoms with Crippen LogP contribution in [0.2, 0.25) is 0 Å². The second kappa shape index (κ2) is 3.77. The third-order valence-corrected chi connectivity index (χ3v) is 5.61. The molecule has 0 aliphatic rings. The highest BCUT2D eigenvalue weighted by atomic mass is 35.7. The quantitative estimate of drug-likeness (QED) is 0.606. The van der Waals surface area contributed by atoms with Gasteiger partial charge in [0.05, 0.1) is 0 Å². The van der Waals surface area contributed by atoms with E-state index >= 15 is 0 Å². The largest absolute Gasteiger partial charge is 0.0906 e. The lowest BCUT2D eigenvalue weighted by Crippen LogP contribution is -2.15. The molecule has 0 saturated heterocycles. The zero-order valence-electron chi connectivity index (χ0n) is 7.71. The zero-order valence-corrected chi connectivity index (χ0v) is 9.36. The second-order valence-electron chi connectivity index (χ2n) is 3.79. The van der Waals surface area contributed by atoms with E-state index in [1.807, 2.05) is 18.2 Å². The Morgan fingerprint density at radius 1 is 1.08 bits per heavy atom. The molecule has 0 saturated carbocycles. The number of halogens is 1. The minimum absolute atomic E-state index is 0.193. The molecule has 0 bridgehead atoms. The third-order valence-electron chi connectivity index (χ3n) is 1.57. The molecule has 0 amide bonds. The molecule has 66 valence electrons. The summed E-state index contributed by atoms with van der Waals surface area (Å²) in [4.78, 5) is 0. The molecule has 12 heavy (non-hydrogen) atoms. The third kappa shape index (κ3) is 2.47. The Morgan fingerprint density at radius 2 is 1.58 bits per heavy atom. The van der Waals surface area contributed by atoms with Crippen molar-refractivity contribution in [1.29, 1.82) is 0 Å². The Bertz CT molecular complexity index is 238. The molecular formula is C10H14ClP. The summed E-state index contributed by atoms with van der Waals surface area (Å²) in [5.41, 5.74) is 0. The lowest BCUT2D eigenvalue weighted by atomic mass is 10.3. The minimum Gasteiger partial charge on any atom is -0.0906 e. The topological polar surface area (TPSA) is 0 Å². The number of rotatable bonds is 1. The van der Waals surface area contributed by atoms with Crippen molar-refractivity contribution in [3.63, 3.8) is 0 Å². The van der Waals surface area contributed by atoms with Crippen LogP contribution in [0.3, 0.4) is 0 Å². The summed E-state index contributed by atoms with van der Waals surface area (Å²) >= 11 is 6.35. The molecule has 0 radical (unpaired) electrons. The Balaban J connectivity index is 2.86. The molecule has 0 aliphatic heterocycles. The van der Waals surface area contributed by atoms with Gasteiger partial charge in [0.15, 0.2) is 0 Å². The SMILES string of the molecule is CC(C)(C)P(Cl)c1ccccc1. The lowest BCUT2D eigenvalue weighted by molar-refractivity contribution is 0.796. The predicted molar refractivity (Wildman–Crippen MR) is 58.6 cm³/mol. The Morgan fingerprint density at radius 3 is 2.00 bits per heavy atom. The van der Waals surface area contributed by atoms with E-state index in [2.05, 4.69) is 32.9 Å². The van der Waals surface area contributed by atoms with Crippen LogP contribution in [0.1, 0.15) is 20.8 Å². The maximum Gasteiger partial charge on any atom is 0.0267 e. The summed E-state index contributed by atoms with van der Waals surface area (Å²) in [7, 11) is -0.544. The van der Waals surface area contributed by atoms with E-state index in [-0.39, 0.29) is 5.16 Å². The van der Waals surface area contributed by atoms with Gasteiger partial charge >= 0.3 is 0 Å². The molecule has 2 heteroatoms. The summed E-state index contributed by atoms with van der Waals surface area (Å²) in [6, 6.07) is 10.3. The molecule has 0 aliphatic carbocycles. The van der Waals surface area contributed by atoms with Crippen LogP contribution in [-0.2, 0) is 0 Å². The van der Waals surface area contributed by atoms with Gasteiger partial charge in [-0.25, -0.2) is 0 Å². The first kappa shape index (κ1) is 10.0. The second-order valence-corrected chi connectivity index (χ2v) is 7.22. The molecule has 0 heterocycles. The summed E-state index contributed by atoms with van der Waals surface area (Å²) in [5, 5.41) is 1.46. The molecule has 0 nitrogen and oxygen atoms in total. The van der Waals surface area contributed by atoms with E-state index in [1.165, 1.54) is 5.30 Å². The van der Waals surface area contributed by atoms with Gasteiger partial charge in [0, 0.05) is 7.27 Å². The average Bonchev–Trinajstić information content (AvgIpc) is 2.03. The minimum atomic E-state index is -0.544. The van der Waals surface area contributed by atoms with Crippen LogP contribution in [0.15, 0.2) is 30.3 Å². The first-order valence-corrected chi connectivity index (χ1v) is 6.27. The van der Waals surface area contributed by atoms with Gasteiger partial charge in [0.25, 0.3) is 0 Å². The van der Waals surface area contributed by atoms with E-state index in [9.17, 15) is 0 Å². The van der Waals surface area contributed by atoms with Gasteiger partial charge in [-0.15, -0.1) is 0 Å². The van der Waals surface area contributed by atoms with Gasteiger partial charge < -0.3 is 0 Å². The monoisotopic (exact) mass is 200 g/mol. The van der Waals surface area contributed by atoms with Crippen molar-refractivity contribution in [3.8, 4) is 0 Å². The molecule has 0 spiro atoms. The van der Waals surface area contributed by atoms with E-state index in [1.54, 1.807) is 0 Å². The molecular weight excluding hydrogens is 187 g/mol. The standard InChI is InChI=1S/C10H14ClP/c1-10(2,3)12(11)9-7-5-4-6-8-9/h4-8H,1-3H3. The van der Waals surface area contributed by atoms with Crippen LogP contribution >= 0.6 is 18.5 Å². The van der Waals surface area contributed by atoms with Crippen molar-refractivity contribution in [2.24, 2.45) is 0 Å². The van der Waals surface area contributed by atoms with Gasteiger partial charge in [0.1, 0.15) is 0 Å². The number of benzene rings is 1. The van der Waals surface area contributed by atoms with Crippen LogP contribution in [0.4, 0.5) is 0 Å². The molecule has 0 fully saturated rings. The maximum atomic E-state index is 6.35. The fourth-order valence-corrected chi connectivity index (χ4v) is 2.49. The predicted octanol–water partition coefficient (Wildman–Crippen LogP) is 3.75.